The van der Waals surface area contributed by atoms with Crippen LogP contribution in [-0.2, 0) is 4.79 Å². The number of nitrogens with zero attached hydrogens (tertiary/aromatic N) is 1. The first-order valence-corrected chi connectivity index (χ1v) is 7.42. The smallest absolute Gasteiger partial charge is 0.315 e. The molecule has 106 valence electrons. The highest BCUT2D eigenvalue weighted by Gasteiger charge is 2.42. The van der Waals surface area contributed by atoms with E-state index in [0.717, 1.165) is 25.0 Å². The monoisotopic (exact) mass is 285 g/mol. The largest absolute Gasteiger partial charge is 0.370 e. The van der Waals surface area contributed by atoms with E-state index in [1.54, 1.807) is 0 Å². The van der Waals surface area contributed by atoms with Gasteiger partial charge in [0.05, 0.1) is 12.1 Å². The van der Waals surface area contributed by atoms with Crippen molar-refractivity contribution >= 4 is 29.7 Å². The summed E-state index contributed by atoms with van der Waals surface area (Å²) >= 11 is 1.88. The molecule has 0 aromatic carbocycles. The molecule has 3 atom stereocenters. The molecular weight excluding hydrogens is 266 g/mol. The number of urea groups is 1. The minimum atomic E-state index is -0.271. The number of carbonyl (C=O) groups is 2. The van der Waals surface area contributed by atoms with Crippen molar-refractivity contribution in [2.24, 2.45) is 16.5 Å². The second kappa shape index (κ2) is 6.14. The molecule has 0 spiro atoms. The molecule has 2 aliphatic heterocycles. The lowest BCUT2D eigenvalue weighted by Gasteiger charge is -2.16. The van der Waals surface area contributed by atoms with Gasteiger partial charge in [-0.1, -0.05) is 6.42 Å². The number of guanidine groups is 1. The summed E-state index contributed by atoms with van der Waals surface area (Å²) in [5.41, 5.74) is 10.3. The van der Waals surface area contributed by atoms with Gasteiger partial charge in [0.15, 0.2) is 5.96 Å². The molecule has 0 saturated carbocycles. The van der Waals surface area contributed by atoms with E-state index in [1.807, 2.05) is 11.8 Å². The molecule has 19 heavy (non-hydrogen) atoms. The summed E-state index contributed by atoms with van der Waals surface area (Å²) in [4.78, 5) is 25.9. The average molecular weight is 285 g/mol. The predicted octanol–water partition coefficient (Wildman–Crippen LogP) is -0.488. The number of amides is 3. The highest BCUT2D eigenvalue weighted by Crippen LogP contribution is 2.33. The van der Waals surface area contributed by atoms with Crippen LogP contribution in [0.5, 0.6) is 0 Å². The highest BCUT2D eigenvalue weighted by atomic mass is 32.2. The van der Waals surface area contributed by atoms with Crippen molar-refractivity contribution in [2.45, 2.75) is 43.0 Å². The van der Waals surface area contributed by atoms with E-state index in [0.29, 0.717) is 11.7 Å². The number of thioether (sulfide) groups is 1. The molecule has 2 fully saturated rings. The average Bonchev–Trinajstić information content (AvgIpc) is 2.83. The summed E-state index contributed by atoms with van der Waals surface area (Å²) in [5, 5.41) is 6.29. The van der Waals surface area contributed by atoms with Crippen molar-refractivity contribution in [2.75, 3.05) is 5.75 Å². The molecule has 2 saturated heterocycles. The number of unbranched alkanes of at least 4 members (excludes halogenated alkanes) is 1. The number of aliphatic imine (C=N–C) groups is 1. The van der Waals surface area contributed by atoms with Crippen molar-refractivity contribution in [3.63, 3.8) is 0 Å². The van der Waals surface area contributed by atoms with Crippen LogP contribution in [0.2, 0.25) is 0 Å². The Balaban J connectivity index is 1.65. The molecule has 8 heteroatoms. The lowest BCUT2D eigenvalue weighted by atomic mass is 10.0. The van der Waals surface area contributed by atoms with E-state index in [1.165, 1.54) is 0 Å². The second-order valence-corrected chi connectivity index (χ2v) is 6.07. The van der Waals surface area contributed by atoms with Gasteiger partial charge in [-0.25, -0.2) is 4.79 Å². The molecule has 0 bridgehead atoms. The molecule has 0 aromatic heterocycles. The van der Waals surface area contributed by atoms with Gasteiger partial charge in [0.1, 0.15) is 0 Å². The minimum Gasteiger partial charge on any atom is -0.370 e. The summed E-state index contributed by atoms with van der Waals surface area (Å²) < 4.78 is 0. The summed E-state index contributed by atoms with van der Waals surface area (Å²) in [6.45, 7) is 0. The SMILES string of the molecule is NC(N)=NC(=O)CCCCC1SCC2NC(=O)NC21. The lowest BCUT2D eigenvalue weighted by Crippen LogP contribution is -2.36. The van der Waals surface area contributed by atoms with Crippen LogP contribution in [0.4, 0.5) is 4.79 Å². The Labute approximate surface area is 115 Å². The number of nitrogens with two attached hydrogens (primary N) is 2. The maximum Gasteiger partial charge on any atom is 0.315 e. The van der Waals surface area contributed by atoms with E-state index in [9.17, 15) is 9.59 Å². The summed E-state index contributed by atoms with van der Waals surface area (Å²) in [6, 6.07) is 0.417. The van der Waals surface area contributed by atoms with Gasteiger partial charge in [0.2, 0.25) is 5.91 Å². The van der Waals surface area contributed by atoms with Crippen LogP contribution < -0.4 is 22.1 Å². The predicted molar refractivity (Wildman–Crippen MR) is 74.8 cm³/mol. The fourth-order valence-electron chi connectivity index (χ4n) is 2.46. The van der Waals surface area contributed by atoms with Crippen LogP contribution in [0.3, 0.4) is 0 Å². The fourth-order valence-corrected chi connectivity index (χ4v) is 4.01. The Morgan fingerprint density at radius 3 is 2.89 bits per heavy atom. The van der Waals surface area contributed by atoms with E-state index in [4.69, 9.17) is 11.5 Å². The maximum absolute atomic E-state index is 11.3. The Bertz CT molecular complexity index is 397. The van der Waals surface area contributed by atoms with Crippen molar-refractivity contribution < 1.29 is 9.59 Å². The van der Waals surface area contributed by atoms with Gasteiger partial charge in [-0.3, -0.25) is 4.79 Å². The normalized spacial score (nSPS) is 28.4. The Morgan fingerprint density at radius 1 is 1.37 bits per heavy atom. The van der Waals surface area contributed by atoms with E-state index < -0.39 is 0 Å². The fraction of sp³-hybridized carbons (Fsp3) is 0.727. The standard InChI is InChI=1S/C11H19N5O2S/c12-10(13)15-8(17)4-2-1-3-7-9-6(5-19-7)14-11(18)16-9/h6-7,9H,1-5H2,(H2,14,16,18)(H4,12,13,15,17). The molecule has 0 aromatic rings. The van der Waals surface area contributed by atoms with Gasteiger partial charge < -0.3 is 22.1 Å². The molecule has 2 aliphatic rings. The van der Waals surface area contributed by atoms with Crippen LogP contribution in [-0.4, -0.2) is 41.0 Å². The van der Waals surface area contributed by atoms with Gasteiger partial charge in [-0.05, 0) is 12.8 Å². The summed E-state index contributed by atoms with van der Waals surface area (Å²) in [7, 11) is 0. The van der Waals surface area contributed by atoms with Crippen molar-refractivity contribution in [3.8, 4) is 0 Å². The molecule has 0 aliphatic carbocycles. The quantitative estimate of drug-likeness (QED) is 0.235. The Hall–Kier alpha value is -1.44. The lowest BCUT2D eigenvalue weighted by molar-refractivity contribution is -0.117. The third-order valence-corrected chi connectivity index (χ3v) is 4.83. The summed E-state index contributed by atoms with van der Waals surface area (Å²) in [5.74, 6) is 0.507. The molecule has 0 radical (unpaired) electrons. The van der Waals surface area contributed by atoms with Gasteiger partial charge in [0, 0.05) is 17.4 Å². The third kappa shape index (κ3) is 3.76. The Kier molecular flexibility index (Phi) is 4.52. The van der Waals surface area contributed by atoms with E-state index in [2.05, 4.69) is 15.6 Å². The number of carbonyl (C=O) groups excluding carboxylic acids is 2. The molecular formula is C11H19N5O2S. The maximum atomic E-state index is 11.3. The zero-order chi connectivity index (χ0) is 13.8. The van der Waals surface area contributed by atoms with Crippen LogP contribution in [0.25, 0.3) is 0 Å². The van der Waals surface area contributed by atoms with E-state index in [-0.39, 0.29) is 30.0 Å². The number of nitrogens with one attached hydrogen (secondary N) is 2. The highest BCUT2D eigenvalue weighted by molar-refractivity contribution is 8.00. The van der Waals surface area contributed by atoms with Gasteiger partial charge in [-0.2, -0.15) is 16.8 Å². The second-order valence-electron chi connectivity index (χ2n) is 4.80. The molecule has 3 amide bonds. The number of hydrogen-bond acceptors (Lipinski definition) is 3. The first-order chi connectivity index (χ1) is 9.06. The molecule has 6 N–H and O–H groups in total. The van der Waals surface area contributed by atoms with Crippen molar-refractivity contribution in [3.05, 3.63) is 0 Å². The number of rotatable bonds is 5. The van der Waals surface area contributed by atoms with Crippen LogP contribution in [0.1, 0.15) is 25.7 Å². The number of fused-ring (bicyclic) bond motifs is 1. The van der Waals surface area contributed by atoms with E-state index >= 15 is 0 Å². The first-order valence-electron chi connectivity index (χ1n) is 6.37. The van der Waals surface area contributed by atoms with Crippen LogP contribution in [0, 0.1) is 0 Å². The number of hydrogen-bond donors (Lipinski definition) is 4. The third-order valence-electron chi connectivity index (χ3n) is 3.32. The zero-order valence-corrected chi connectivity index (χ0v) is 11.4. The minimum absolute atomic E-state index is 0.0664. The van der Waals surface area contributed by atoms with Crippen molar-refractivity contribution in [1.29, 1.82) is 0 Å². The van der Waals surface area contributed by atoms with Crippen LogP contribution >= 0.6 is 11.8 Å². The van der Waals surface area contributed by atoms with Gasteiger partial charge >= 0.3 is 6.03 Å². The van der Waals surface area contributed by atoms with Crippen LogP contribution in [0.15, 0.2) is 4.99 Å². The van der Waals surface area contributed by atoms with Gasteiger partial charge in [0.25, 0.3) is 0 Å². The van der Waals surface area contributed by atoms with Gasteiger partial charge in [-0.15, -0.1) is 0 Å². The first kappa shape index (κ1) is 14.0. The molecule has 3 unspecified atom stereocenters. The topological polar surface area (TPSA) is 123 Å². The molecule has 2 rings (SSSR count). The zero-order valence-electron chi connectivity index (χ0n) is 10.6. The Morgan fingerprint density at radius 2 is 2.16 bits per heavy atom. The molecule has 7 nitrogen and oxygen atoms in total. The molecule has 2 heterocycles. The van der Waals surface area contributed by atoms with Crippen molar-refractivity contribution in [1.82, 2.24) is 10.6 Å². The summed E-state index contributed by atoms with van der Waals surface area (Å²) in [6.07, 6.45) is 3.06.